The van der Waals surface area contributed by atoms with Crippen LogP contribution in [0, 0.1) is 70.0 Å². The van der Waals surface area contributed by atoms with E-state index in [2.05, 4.69) is 24.1 Å². The Hall–Kier alpha value is -1.32. The Labute approximate surface area is 259 Å². The van der Waals surface area contributed by atoms with Gasteiger partial charge in [-0.2, -0.15) is 0 Å². The van der Waals surface area contributed by atoms with Crippen molar-refractivity contribution in [3.05, 3.63) is 11.8 Å². The highest BCUT2D eigenvalue weighted by molar-refractivity contribution is 5.91. The monoisotopic (exact) mass is 584 g/mol. The predicted molar refractivity (Wildman–Crippen MR) is 168 cm³/mol. The molecule has 11 aliphatic carbocycles. The van der Waals surface area contributed by atoms with Crippen LogP contribution in [0.2, 0.25) is 0 Å². The normalized spacial score (nSPS) is 57.1. The van der Waals surface area contributed by atoms with E-state index in [1.807, 2.05) is 6.08 Å². The van der Waals surface area contributed by atoms with Gasteiger partial charge in [-0.3, -0.25) is 9.59 Å². The Morgan fingerprint density at radius 1 is 0.744 bits per heavy atom. The molecule has 0 spiro atoms. The van der Waals surface area contributed by atoms with Gasteiger partial charge in [-0.25, -0.2) is 0 Å². The summed E-state index contributed by atoms with van der Waals surface area (Å²) < 4.78 is 0. The van der Waals surface area contributed by atoms with E-state index in [0.717, 1.165) is 54.9 Å². The van der Waals surface area contributed by atoms with Gasteiger partial charge in [-0.05, 0) is 168 Å². The molecule has 0 aromatic heterocycles. The summed E-state index contributed by atoms with van der Waals surface area (Å²) in [6, 6.07) is 0. The molecular weight excluding hydrogens is 528 g/mol. The largest absolute Gasteiger partial charge is 0.387 e. The number of ketones is 1. The van der Waals surface area contributed by atoms with Crippen LogP contribution in [0.4, 0.5) is 0 Å². The molecule has 4 heteroatoms. The maximum absolute atomic E-state index is 15.8. The molecule has 10 saturated carbocycles. The zero-order chi connectivity index (χ0) is 28.9. The molecular formula is C39H56N2O2. The van der Waals surface area contributed by atoms with Gasteiger partial charge in [0.1, 0.15) is 0 Å². The molecule has 1 saturated heterocycles. The first-order chi connectivity index (χ1) is 20.7. The number of nitrogens with zero attached hydrogens (tertiary/aromatic N) is 1. The molecule has 0 aromatic rings. The Kier molecular flexibility index (Phi) is 5.45. The van der Waals surface area contributed by atoms with E-state index in [1.54, 1.807) is 0 Å². The molecule has 1 heterocycles. The van der Waals surface area contributed by atoms with E-state index in [1.165, 1.54) is 102 Å². The highest BCUT2D eigenvalue weighted by Gasteiger charge is 2.67. The third kappa shape index (κ3) is 3.56. The number of piperidine rings is 1. The number of rotatable bonds is 3. The van der Waals surface area contributed by atoms with Crippen LogP contribution in [-0.4, -0.2) is 34.2 Å². The van der Waals surface area contributed by atoms with Crippen molar-refractivity contribution in [3.8, 4) is 0 Å². The summed E-state index contributed by atoms with van der Waals surface area (Å²) in [5.74, 6) is 8.43. The van der Waals surface area contributed by atoms with Gasteiger partial charge in [0, 0.05) is 47.1 Å². The average molecular weight is 585 g/mol. The van der Waals surface area contributed by atoms with E-state index in [4.69, 9.17) is 0 Å². The molecule has 1 aliphatic heterocycles. The van der Waals surface area contributed by atoms with Gasteiger partial charge in [0.25, 0.3) is 0 Å². The minimum absolute atomic E-state index is 0.116. The fraction of sp³-hybridized carbons (Fsp3) is 0.897. The SMILES string of the molecule is C[C@]12CC[C@H]3[C@@H](CNC4=CC(=O)CC[C@@]43C)[C@@H]1CC[C@@H]2C(=O)N(C12CC3CC(CC(C3)C1)C2)C12CC3CC(CC(C3)C1)C2. The van der Waals surface area contributed by atoms with Crippen LogP contribution in [-0.2, 0) is 9.59 Å². The van der Waals surface area contributed by atoms with Gasteiger partial charge in [-0.1, -0.05) is 13.8 Å². The molecule has 11 fully saturated rings. The first kappa shape index (κ1) is 26.9. The highest BCUT2D eigenvalue weighted by Crippen LogP contribution is 2.68. The summed E-state index contributed by atoms with van der Waals surface area (Å²) in [7, 11) is 0. The van der Waals surface area contributed by atoms with Gasteiger partial charge in [0.2, 0.25) is 5.91 Å². The molecule has 6 atom stereocenters. The minimum atomic E-state index is 0.116. The van der Waals surface area contributed by atoms with Crippen molar-refractivity contribution in [1.29, 1.82) is 0 Å². The number of carbonyl (C=O) groups excluding carboxylic acids is 2. The second kappa shape index (κ2) is 8.72. The summed E-state index contributed by atoms with van der Waals surface area (Å²) in [5.41, 5.74) is 1.83. The zero-order valence-corrected chi connectivity index (χ0v) is 27.0. The van der Waals surface area contributed by atoms with Crippen LogP contribution < -0.4 is 5.32 Å². The third-order valence-corrected chi connectivity index (χ3v) is 17.1. The van der Waals surface area contributed by atoms with Gasteiger partial charge in [-0.15, -0.1) is 0 Å². The standard InChI is InChI=1S/C39H56N2O2/c1-36-8-6-32-30(22-40-34-15-29(42)5-7-37(32,34)2)31(36)3-4-33(36)35(43)41(38-16-23-9-24(17-38)11-25(10-23)18-38)39-19-26-12-27(20-39)14-28(13-26)21-39/h15,23-28,30-33,40H,3-14,16-22H2,1-2H3/t23?,24?,25?,26?,27?,28?,30-,31-,32-,33+,36-,37+,38?,39?/m0/s1. The fourth-order valence-corrected chi connectivity index (χ4v) is 16.4. The van der Waals surface area contributed by atoms with Crippen molar-refractivity contribution < 1.29 is 9.59 Å². The lowest BCUT2D eigenvalue weighted by molar-refractivity contribution is -0.198. The third-order valence-electron chi connectivity index (χ3n) is 17.1. The molecule has 0 radical (unpaired) electrons. The van der Waals surface area contributed by atoms with Crippen molar-refractivity contribution in [2.45, 2.75) is 141 Å². The topological polar surface area (TPSA) is 49.4 Å². The van der Waals surface area contributed by atoms with Crippen LogP contribution >= 0.6 is 0 Å². The van der Waals surface area contributed by atoms with Crippen molar-refractivity contribution in [1.82, 2.24) is 10.2 Å². The number of allylic oxidation sites excluding steroid dienone is 2. The number of hydrogen-bond acceptors (Lipinski definition) is 3. The van der Waals surface area contributed by atoms with E-state index in [-0.39, 0.29) is 27.8 Å². The average Bonchev–Trinajstić information content (AvgIpc) is 3.29. The van der Waals surface area contributed by atoms with E-state index < -0.39 is 0 Å². The molecule has 12 rings (SSSR count). The molecule has 0 aromatic carbocycles. The zero-order valence-electron chi connectivity index (χ0n) is 27.0. The van der Waals surface area contributed by atoms with Gasteiger partial charge in [0.15, 0.2) is 5.78 Å². The van der Waals surface area contributed by atoms with Crippen LogP contribution in [0.25, 0.3) is 0 Å². The van der Waals surface area contributed by atoms with E-state index in [9.17, 15) is 4.79 Å². The van der Waals surface area contributed by atoms with Crippen molar-refractivity contribution >= 4 is 11.7 Å². The van der Waals surface area contributed by atoms with Gasteiger partial charge >= 0.3 is 0 Å². The summed E-state index contributed by atoms with van der Waals surface area (Å²) in [6.07, 6.45) is 25.2. The Morgan fingerprint density at radius 2 is 1.28 bits per heavy atom. The van der Waals surface area contributed by atoms with Crippen LogP contribution in [0.5, 0.6) is 0 Å². The molecule has 0 unspecified atom stereocenters. The van der Waals surface area contributed by atoms with Crippen LogP contribution in [0.3, 0.4) is 0 Å². The molecule has 1 amide bonds. The van der Waals surface area contributed by atoms with Crippen LogP contribution in [0.1, 0.15) is 129 Å². The molecule has 8 bridgehead atoms. The van der Waals surface area contributed by atoms with Gasteiger partial charge in [0.05, 0.1) is 0 Å². The second-order valence-electron chi connectivity index (χ2n) is 19.3. The fourth-order valence-electron chi connectivity index (χ4n) is 16.4. The lowest BCUT2D eigenvalue weighted by atomic mass is 9.48. The number of hydrogen-bond donors (Lipinski definition) is 1. The summed E-state index contributed by atoms with van der Waals surface area (Å²) in [5, 5.41) is 3.81. The Balaban J connectivity index is 1.01. The molecule has 234 valence electrons. The van der Waals surface area contributed by atoms with Gasteiger partial charge < -0.3 is 10.2 Å². The molecule has 12 aliphatic rings. The summed E-state index contributed by atoms with van der Waals surface area (Å²) >= 11 is 0. The van der Waals surface area contributed by atoms with E-state index in [0.29, 0.717) is 35.9 Å². The molecule has 43 heavy (non-hydrogen) atoms. The maximum atomic E-state index is 15.8. The predicted octanol–water partition coefficient (Wildman–Crippen LogP) is 7.67. The number of nitrogens with one attached hydrogen (secondary N) is 1. The molecule has 1 N–H and O–H groups in total. The number of fused-ring (bicyclic) bond motifs is 5. The highest BCUT2D eigenvalue weighted by atomic mass is 16.2. The Morgan fingerprint density at radius 3 is 1.81 bits per heavy atom. The minimum Gasteiger partial charge on any atom is -0.387 e. The lowest BCUT2D eigenvalue weighted by Gasteiger charge is -2.69. The maximum Gasteiger partial charge on any atom is 0.227 e. The van der Waals surface area contributed by atoms with Crippen molar-refractivity contribution in [3.63, 3.8) is 0 Å². The quantitative estimate of drug-likeness (QED) is 0.370. The Bertz CT molecular complexity index is 1170. The number of carbonyl (C=O) groups is 2. The first-order valence-corrected chi connectivity index (χ1v) is 19.0. The smallest absolute Gasteiger partial charge is 0.227 e. The molecule has 4 nitrogen and oxygen atoms in total. The van der Waals surface area contributed by atoms with Crippen molar-refractivity contribution in [2.75, 3.05) is 6.54 Å². The lowest BCUT2D eigenvalue weighted by Crippen LogP contribution is -2.73. The first-order valence-electron chi connectivity index (χ1n) is 19.0. The summed E-state index contributed by atoms with van der Waals surface area (Å²) in [6.45, 7) is 6.05. The van der Waals surface area contributed by atoms with Crippen molar-refractivity contribution in [2.24, 2.45) is 70.0 Å². The number of amides is 1. The van der Waals surface area contributed by atoms with E-state index >= 15 is 4.79 Å². The second-order valence-corrected chi connectivity index (χ2v) is 19.3. The summed E-state index contributed by atoms with van der Waals surface area (Å²) in [4.78, 5) is 31.0. The van der Waals surface area contributed by atoms with Crippen LogP contribution in [0.15, 0.2) is 11.8 Å².